The van der Waals surface area contributed by atoms with Crippen molar-refractivity contribution in [2.45, 2.75) is 25.4 Å². The van der Waals surface area contributed by atoms with E-state index in [1.165, 1.54) is 12.1 Å². The predicted molar refractivity (Wildman–Crippen MR) is 155 cm³/mol. The van der Waals surface area contributed by atoms with E-state index in [0.717, 1.165) is 16.5 Å². The molecule has 1 aliphatic rings. The van der Waals surface area contributed by atoms with Gasteiger partial charge in [-0.25, -0.2) is 14.4 Å². The SMILES string of the molecule is CC1(O)C=CC(C(=O)O)=C(Cc2ccccc2)C1.O=C(O)c1ccc2ccccc2c1O.O=C(O)c1ccccc1. The summed E-state index contributed by atoms with van der Waals surface area (Å²) in [5.74, 6) is -3.10. The standard InChI is InChI=1S/C15H16O3.C11H8O3.C7H6O2/c1-15(18)8-7-13(14(16)17)12(10-15)9-11-5-3-2-4-6-11;12-10-8-4-2-1-3-7(8)5-6-9(10)11(13)14;8-7(9)6-4-2-1-3-5-6/h2-8,18H,9-10H2,1H3,(H,16,17);1-6,12H,(H,13,14);1-5H,(H,8,9). The van der Waals surface area contributed by atoms with Gasteiger partial charge >= 0.3 is 17.9 Å². The molecule has 5 N–H and O–H groups in total. The number of hydrogen-bond acceptors (Lipinski definition) is 5. The summed E-state index contributed by atoms with van der Waals surface area (Å²) in [6.45, 7) is 1.69. The molecule has 0 bridgehead atoms. The highest BCUT2D eigenvalue weighted by Crippen LogP contribution is 2.30. The van der Waals surface area contributed by atoms with E-state index >= 15 is 0 Å². The molecule has 5 rings (SSSR count). The fourth-order valence-corrected chi connectivity index (χ4v) is 4.20. The minimum Gasteiger partial charge on any atom is -0.506 e. The molecule has 0 heterocycles. The molecule has 210 valence electrons. The lowest BCUT2D eigenvalue weighted by atomic mass is 9.84. The van der Waals surface area contributed by atoms with Crippen LogP contribution in [0, 0.1) is 0 Å². The molecule has 1 atom stereocenters. The maximum Gasteiger partial charge on any atom is 0.339 e. The van der Waals surface area contributed by atoms with Gasteiger partial charge in [-0.1, -0.05) is 84.9 Å². The van der Waals surface area contributed by atoms with Crippen molar-refractivity contribution in [2.24, 2.45) is 0 Å². The van der Waals surface area contributed by atoms with E-state index in [9.17, 15) is 24.6 Å². The summed E-state index contributed by atoms with van der Waals surface area (Å²) in [4.78, 5) is 32.1. The molecule has 1 unspecified atom stereocenters. The molecule has 4 aromatic rings. The molecule has 0 radical (unpaired) electrons. The van der Waals surface area contributed by atoms with Crippen molar-refractivity contribution < 1.29 is 39.9 Å². The van der Waals surface area contributed by atoms with Gasteiger partial charge in [0.15, 0.2) is 0 Å². The van der Waals surface area contributed by atoms with E-state index in [4.69, 9.17) is 15.3 Å². The molecule has 0 aliphatic heterocycles. The lowest BCUT2D eigenvalue weighted by molar-refractivity contribution is -0.132. The van der Waals surface area contributed by atoms with Crippen molar-refractivity contribution in [1.29, 1.82) is 0 Å². The van der Waals surface area contributed by atoms with Crippen molar-refractivity contribution in [1.82, 2.24) is 0 Å². The third-order valence-corrected chi connectivity index (χ3v) is 6.20. The minimum atomic E-state index is -1.12. The van der Waals surface area contributed by atoms with Crippen molar-refractivity contribution in [3.63, 3.8) is 0 Å². The highest BCUT2D eigenvalue weighted by molar-refractivity contribution is 6.00. The molecule has 0 fully saturated rings. The highest BCUT2D eigenvalue weighted by Gasteiger charge is 2.26. The second kappa shape index (κ2) is 13.7. The van der Waals surface area contributed by atoms with E-state index in [1.54, 1.807) is 61.5 Å². The van der Waals surface area contributed by atoms with E-state index in [-0.39, 0.29) is 11.3 Å². The molecular weight excluding hydrogens is 524 g/mol. The Morgan fingerprint density at radius 1 is 0.732 bits per heavy atom. The van der Waals surface area contributed by atoms with Crippen LogP contribution in [0.4, 0.5) is 0 Å². The first-order valence-corrected chi connectivity index (χ1v) is 12.6. The largest absolute Gasteiger partial charge is 0.506 e. The van der Waals surface area contributed by atoms with Crippen molar-refractivity contribution in [3.05, 3.63) is 137 Å². The van der Waals surface area contributed by atoms with Crippen LogP contribution in [0.5, 0.6) is 5.75 Å². The molecule has 0 aromatic heterocycles. The molecule has 41 heavy (non-hydrogen) atoms. The quantitative estimate of drug-likeness (QED) is 0.203. The summed E-state index contributed by atoms with van der Waals surface area (Å²) >= 11 is 0. The lowest BCUT2D eigenvalue weighted by Gasteiger charge is -2.26. The highest BCUT2D eigenvalue weighted by atomic mass is 16.4. The van der Waals surface area contributed by atoms with Gasteiger partial charge < -0.3 is 25.5 Å². The molecule has 4 aromatic carbocycles. The van der Waals surface area contributed by atoms with Gasteiger partial charge in [0, 0.05) is 11.8 Å². The van der Waals surface area contributed by atoms with Crippen LogP contribution in [0.3, 0.4) is 0 Å². The van der Waals surface area contributed by atoms with Crippen LogP contribution in [0.25, 0.3) is 10.8 Å². The maximum absolute atomic E-state index is 11.2. The van der Waals surface area contributed by atoms with Crippen LogP contribution < -0.4 is 0 Å². The molecule has 0 saturated carbocycles. The first-order valence-electron chi connectivity index (χ1n) is 12.6. The Labute approximate surface area is 236 Å². The Morgan fingerprint density at radius 3 is 1.88 bits per heavy atom. The Morgan fingerprint density at radius 2 is 1.32 bits per heavy atom. The predicted octanol–water partition coefficient (Wildman–Crippen LogP) is 5.95. The summed E-state index contributed by atoms with van der Waals surface area (Å²) in [5.41, 5.74) is 1.42. The van der Waals surface area contributed by atoms with Gasteiger partial charge in [0.2, 0.25) is 0 Å². The smallest absolute Gasteiger partial charge is 0.339 e. The number of carboxylic acids is 3. The van der Waals surface area contributed by atoms with Crippen LogP contribution in [-0.4, -0.2) is 49.0 Å². The maximum atomic E-state index is 11.2. The molecule has 0 spiro atoms. The monoisotopic (exact) mass is 554 g/mol. The Kier molecular flexibility index (Phi) is 10.2. The topological polar surface area (TPSA) is 152 Å². The average Bonchev–Trinajstić information content (AvgIpc) is 2.94. The van der Waals surface area contributed by atoms with Crippen LogP contribution in [0.1, 0.15) is 39.6 Å². The molecule has 0 amide bonds. The third-order valence-electron chi connectivity index (χ3n) is 6.20. The Balaban J connectivity index is 0.000000179. The number of aliphatic carboxylic acids is 1. The number of hydrogen-bond donors (Lipinski definition) is 5. The van der Waals surface area contributed by atoms with Crippen LogP contribution in [-0.2, 0) is 11.2 Å². The lowest BCUT2D eigenvalue weighted by Crippen LogP contribution is -2.26. The molecule has 8 nitrogen and oxygen atoms in total. The summed E-state index contributed by atoms with van der Waals surface area (Å²) < 4.78 is 0. The molecule has 8 heteroatoms. The summed E-state index contributed by atoms with van der Waals surface area (Å²) in [6, 6.07) is 28.2. The number of benzene rings is 4. The van der Waals surface area contributed by atoms with Crippen molar-refractivity contribution in [2.75, 3.05) is 0 Å². The van der Waals surface area contributed by atoms with Gasteiger partial charge in [-0.2, -0.15) is 0 Å². The van der Waals surface area contributed by atoms with Crippen molar-refractivity contribution in [3.8, 4) is 5.75 Å². The van der Waals surface area contributed by atoms with Gasteiger partial charge in [0.05, 0.1) is 16.7 Å². The number of fused-ring (bicyclic) bond motifs is 1. The van der Waals surface area contributed by atoms with Crippen LogP contribution in [0.2, 0.25) is 0 Å². The third kappa shape index (κ3) is 8.64. The number of phenols is 1. The number of carboxylic acid groups (broad SMARTS) is 3. The van der Waals surface area contributed by atoms with Gasteiger partial charge in [-0.3, -0.25) is 0 Å². The fourth-order valence-electron chi connectivity index (χ4n) is 4.20. The summed E-state index contributed by atoms with van der Waals surface area (Å²) in [5, 5.41) is 47.4. The molecule has 1 aliphatic carbocycles. The zero-order valence-electron chi connectivity index (χ0n) is 22.3. The minimum absolute atomic E-state index is 0.0660. The number of aromatic carboxylic acids is 2. The Bertz CT molecular complexity index is 1590. The number of rotatable bonds is 5. The second-order valence-corrected chi connectivity index (χ2v) is 9.51. The second-order valence-electron chi connectivity index (χ2n) is 9.51. The first-order chi connectivity index (χ1) is 19.5. The van der Waals surface area contributed by atoms with E-state index in [0.29, 0.717) is 29.4 Å². The van der Waals surface area contributed by atoms with E-state index < -0.39 is 23.5 Å². The van der Waals surface area contributed by atoms with Gasteiger partial charge in [-0.15, -0.1) is 0 Å². The van der Waals surface area contributed by atoms with E-state index in [1.807, 2.05) is 42.5 Å². The Hall–Kier alpha value is -5.21. The van der Waals surface area contributed by atoms with Gasteiger partial charge in [0.25, 0.3) is 0 Å². The number of carbonyl (C=O) groups is 3. The zero-order valence-corrected chi connectivity index (χ0v) is 22.3. The van der Waals surface area contributed by atoms with Gasteiger partial charge in [0.1, 0.15) is 11.3 Å². The zero-order chi connectivity index (χ0) is 30.0. The van der Waals surface area contributed by atoms with Crippen molar-refractivity contribution >= 4 is 28.7 Å². The van der Waals surface area contributed by atoms with Crippen LogP contribution >= 0.6 is 0 Å². The van der Waals surface area contributed by atoms with E-state index in [2.05, 4.69) is 0 Å². The van der Waals surface area contributed by atoms with Gasteiger partial charge in [-0.05, 0) is 54.1 Å². The first kappa shape index (κ1) is 30.3. The fraction of sp³-hybridized carbons (Fsp3) is 0.121. The summed E-state index contributed by atoms with van der Waals surface area (Å²) in [7, 11) is 0. The molecular formula is C33H30O8. The van der Waals surface area contributed by atoms with Crippen LogP contribution in [0.15, 0.2) is 120 Å². The number of aliphatic hydroxyl groups is 1. The normalized spacial score (nSPS) is 15.7. The average molecular weight is 555 g/mol. The number of aromatic hydroxyl groups is 1. The summed E-state index contributed by atoms with van der Waals surface area (Å²) in [6.07, 6.45) is 3.97. The molecule has 0 saturated heterocycles.